The summed E-state index contributed by atoms with van der Waals surface area (Å²) in [6, 6.07) is 9.99. The van der Waals surface area contributed by atoms with Crippen molar-refractivity contribution < 1.29 is 14.7 Å². The van der Waals surface area contributed by atoms with Crippen LogP contribution in [0.1, 0.15) is 15.9 Å². The van der Waals surface area contributed by atoms with Crippen molar-refractivity contribution in [3.8, 4) is 5.75 Å². The molecule has 2 unspecified atom stereocenters. The molecule has 2 aliphatic heterocycles. The zero-order chi connectivity index (χ0) is 21.5. The number of carbonyl (C=O) groups is 2. The van der Waals surface area contributed by atoms with Crippen molar-refractivity contribution in [3.05, 3.63) is 58.6 Å². The van der Waals surface area contributed by atoms with Gasteiger partial charge in [0.15, 0.2) is 0 Å². The van der Waals surface area contributed by atoms with E-state index in [0.717, 1.165) is 5.52 Å². The number of aromatic hydroxyl groups is 1. The molecule has 3 heterocycles. The molecule has 2 aliphatic rings. The van der Waals surface area contributed by atoms with Gasteiger partial charge in [-0.25, -0.2) is 0 Å². The van der Waals surface area contributed by atoms with Gasteiger partial charge in [0.25, 0.3) is 5.91 Å². The molecular weight excluding hydrogens is 418 g/mol. The second-order valence-corrected chi connectivity index (χ2v) is 8.51. The zero-order valence-electron chi connectivity index (χ0n) is 16.5. The van der Waals surface area contributed by atoms with Gasteiger partial charge < -0.3 is 14.9 Å². The highest BCUT2D eigenvalue weighted by molar-refractivity contribution is 6.30. The molecule has 1 aromatic heterocycles. The summed E-state index contributed by atoms with van der Waals surface area (Å²) in [5.74, 6) is 0.503. The lowest BCUT2D eigenvalue weighted by Crippen LogP contribution is -2.35. The van der Waals surface area contributed by atoms with Gasteiger partial charge in [-0.05, 0) is 48.0 Å². The van der Waals surface area contributed by atoms with Gasteiger partial charge in [-0.15, -0.1) is 0 Å². The molecule has 158 valence electrons. The summed E-state index contributed by atoms with van der Waals surface area (Å²) in [6.45, 7) is 2.52. The molecule has 2 aromatic carbocycles. The molecule has 2 saturated heterocycles. The van der Waals surface area contributed by atoms with Crippen LogP contribution in [0.5, 0.6) is 5.75 Å². The molecule has 9 heteroatoms. The highest BCUT2D eigenvalue weighted by Crippen LogP contribution is 2.32. The maximum absolute atomic E-state index is 12.9. The third kappa shape index (κ3) is 3.86. The number of benzene rings is 2. The SMILES string of the molecule is O=C(/C=C/c1cc(O)cc(Cl)c1)N1CC2CN(C(=O)c3ccc4n[nH]nc4c3)CC2C1. The van der Waals surface area contributed by atoms with Crippen LogP contribution in [-0.4, -0.2) is 68.3 Å². The van der Waals surface area contributed by atoms with Gasteiger partial charge in [-0.3, -0.25) is 9.59 Å². The number of nitrogens with zero attached hydrogens (tertiary/aromatic N) is 4. The van der Waals surface area contributed by atoms with Gasteiger partial charge in [0, 0.05) is 54.7 Å². The fourth-order valence-electron chi connectivity index (χ4n) is 4.46. The van der Waals surface area contributed by atoms with Crippen molar-refractivity contribution in [2.75, 3.05) is 26.2 Å². The maximum Gasteiger partial charge on any atom is 0.253 e. The molecule has 0 bridgehead atoms. The number of phenols is 1. The van der Waals surface area contributed by atoms with Crippen LogP contribution in [0.4, 0.5) is 0 Å². The Morgan fingerprint density at radius 3 is 2.45 bits per heavy atom. The van der Waals surface area contributed by atoms with E-state index < -0.39 is 0 Å². The summed E-state index contributed by atoms with van der Waals surface area (Å²) in [4.78, 5) is 29.2. The summed E-state index contributed by atoms with van der Waals surface area (Å²) < 4.78 is 0. The first-order chi connectivity index (χ1) is 15.0. The molecule has 2 amide bonds. The van der Waals surface area contributed by atoms with Crippen molar-refractivity contribution in [1.29, 1.82) is 0 Å². The predicted octanol–water partition coefficient (Wildman–Crippen LogP) is 2.56. The lowest BCUT2D eigenvalue weighted by atomic mass is 10.0. The topological polar surface area (TPSA) is 102 Å². The van der Waals surface area contributed by atoms with Crippen molar-refractivity contribution in [2.24, 2.45) is 11.8 Å². The number of phenolic OH excluding ortho intramolecular Hbond substituents is 1. The third-order valence-corrected chi connectivity index (χ3v) is 6.19. The standard InChI is InChI=1S/C22H20ClN5O3/c23-17-5-13(6-18(29)8-17)1-4-21(30)27-9-15-11-28(12-16(15)10-27)22(31)14-2-3-19-20(7-14)25-26-24-19/h1-8,15-16,29H,9-12H2,(H,24,25,26)/b4-1+. The van der Waals surface area contributed by atoms with Crippen molar-refractivity contribution in [2.45, 2.75) is 0 Å². The molecule has 3 aromatic rings. The normalized spacial score (nSPS) is 20.7. The van der Waals surface area contributed by atoms with E-state index in [2.05, 4.69) is 15.4 Å². The van der Waals surface area contributed by atoms with Gasteiger partial charge in [0.1, 0.15) is 16.8 Å². The summed E-state index contributed by atoms with van der Waals surface area (Å²) in [7, 11) is 0. The van der Waals surface area contributed by atoms with Crippen LogP contribution in [0.15, 0.2) is 42.5 Å². The van der Waals surface area contributed by atoms with Gasteiger partial charge >= 0.3 is 0 Å². The van der Waals surface area contributed by atoms with E-state index in [4.69, 9.17) is 11.6 Å². The lowest BCUT2D eigenvalue weighted by molar-refractivity contribution is -0.125. The highest BCUT2D eigenvalue weighted by atomic mass is 35.5. The predicted molar refractivity (Wildman–Crippen MR) is 116 cm³/mol. The van der Waals surface area contributed by atoms with Gasteiger partial charge in [-0.1, -0.05) is 11.6 Å². The van der Waals surface area contributed by atoms with Crippen molar-refractivity contribution >= 4 is 40.5 Å². The second kappa shape index (κ2) is 7.70. The maximum atomic E-state index is 12.9. The van der Waals surface area contributed by atoms with Crippen molar-refractivity contribution in [1.82, 2.24) is 25.2 Å². The molecule has 0 spiro atoms. The monoisotopic (exact) mass is 437 g/mol. The van der Waals surface area contributed by atoms with Crippen LogP contribution < -0.4 is 0 Å². The smallest absolute Gasteiger partial charge is 0.253 e. The number of halogens is 1. The second-order valence-electron chi connectivity index (χ2n) is 8.08. The molecule has 2 N–H and O–H groups in total. The molecule has 8 nitrogen and oxygen atoms in total. The molecule has 31 heavy (non-hydrogen) atoms. The molecule has 0 radical (unpaired) electrons. The first-order valence-corrected chi connectivity index (χ1v) is 10.4. The van der Waals surface area contributed by atoms with E-state index in [9.17, 15) is 14.7 Å². The minimum Gasteiger partial charge on any atom is -0.508 e. The number of likely N-dealkylation sites (tertiary alicyclic amines) is 2. The Labute approximate surface area is 183 Å². The van der Waals surface area contributed by atoms with E-state index >= 15 is 0 Å². The van der Waals surface area contributed by atoms with E-state index in [1.807, 2.05) is 9.80 Å². The molecular formula is C22H20ClN5O3. The number of nitrogens with one attached hydrogen (secondary N) is 1. The van der Waals surface area contributed by atoms with Crippen LogP contribution in [0.25, 0.3) is 17.1 Å². The highest BCUT2D eigenvalue weighted by Gasteiger charge is 2.42. The minimum absolute atomic E-state index is 0.0159. The van der Waals surface area contributed by atoms with Crippen LogP contribution >= 0.6 is 11.6 Å². The van der Waals surface area contributed by atoms with Crippen LogP contribution in [0.3, 0.4) is 0 Å². The van der Waals surface area contributed by atoms with Gasteiger partial charge in [-0.2, -0.15) is 15.4 Å². The van der Waals surface area contributed by atoms with E-state index in [1.54, 1.807) is 36.4 Å². The average Bonchev–Trinajstić information content (AvgIpc) is 3.44. The fraction of sp³-hybridized carbons (Fsp3) is 0.273. The number of hydrogen-bond donors (Lipinski definition) is 2. The summed E-state index contributed by atoms with van der Waals surface area (Å²) in [6.07, 6.45) is 3.15. The Hall–Kier alpha value is -3.39. The number of aromatic nitrogens is 3. The molecule has 2 fully saturated rings. The number of amides is 2. The number of aromatic amines is 1. The first kappa shape index (κ1) is 19.6. The molecule has 0 saturated carbocycles. The lowest BCUT2D eigenvalue weighted by Gasteiger charge is -2.21. The summed E-state index contributed by atoms with van der Waals surface area (Å²) in [5.41, 5.74) is 2.66. The molecule has 2 atom stereocenters. The minimum atomic E-state index is -0.0803. The Kier molecular flexibility index (Phi) is 4.86. The van der Waals surface area contributed by atoms with Crippen molar-refractivity contribution in [3.63, 3.8) is 0 Å². The van der Waals surface area contributed by atoms with E-state index in [-0.39, 0.29) is 29.4 Å². The molecule has 5 rings (SSSR count). The van der Waals surface area contributed by atoms with E-state index in [0.29, 0.717) is 47.8 Å². The van der Waals surface area contributed by atoms with Gasteiger partial charge in [0.2, 0.25) is 5.91 Å². The first-order valence-electron chi connectivity index (χ1n) is 10.0. The number of carbonyl (C=O) groups excluding carboxylic acids is 2. The largest absolute Gasteiger partial charge is 0.508 e. The van der Waals surface area contributed by atoms with Crippen LogP contribution in [0.2, 0.25) is 5.02 Å². The average molecular weight is 438 g/mol. The van der Waals surface area contributed by atoms with E-state index in [1.165, 1.54) is 12.1 Å². The van der Waals surface area contributed by atoms with Gasteiger partial charge in [0.05, 0.1) is 0 Å². The summed E-state index contributed by atoms with van der Waals surface area (Å²) in [5, 5.41) is 20.6. The Bertz CT molecular complexity index is 1170. The fourth-order valence-corrected chi connectivity index (χ4v) is 4.70. The number of fused-ring (bicyclic) bond motifs is 2. The number of hydrogen-bond acceptors (Lipinski definition) is 5. The number of rotatable bonds is 3. The third-order valence-electron chi connectivity index (χ3n) is 5.97. The Balaban J connectivity index is 1.20. The van der Waals surface area contributed by atoms with Crippen LogP contribution in [0, 0.1) is 11.8 Å². The molecule has 0 aliphatic carbocycles. The summed E-state index contributed by atoms with van der Waals surface area (Å²) >= 11 is 5.93. The quantitative estimate of drug-likeness (QED) is 0.613. The number of H-pyrrole nitrogens is 1. The zero-order valence-corrected chi connectivity index (χ0v) is 17.3. The Morgan fingerprint density at radius 1 is 1.00 bits per heavy atom. The van der Waals surface area contributed by atoms with Crippen LogP contribution in [-0.2, 0) is 4.79 Å². The Morgan fingerprint density at radius 2 is 1.71 bits per heavy atom.